The Kier molecular flexibility index (Phi) is 6.06. The van der Waals surface area contributed by atoms with Crippen LogP contribution in [0.4, 0.5) is 5.88 Å². The van der Waals surface area contributed by atoms with Gasteiger partial charge in [0.05, 0.1) is 12.3 Å². The summed E-state index contributed by atoms with van der Waals surface area (Å²) < 4.78 is 29.2. The zero-order valence-corrected chi connectivity index (χ0v) is 13.4. The Bertz CT molecular complexity index is 637. The smallest absolute Gasteiger partial charge is 0.395 e. The second-order valence-electron chi connectivity index (χ2n) is 4.97. The number of carbonyl (C=O) groups is 1. The monoisotopic (exact) mass is 333 g/mol. The first-order chi connectivity index (χ1) is 10.1. The highest BCUT2D eigenvalue weighted by Gasteiger charge is 2.20. The molecule has 1 aromatic rings. The zero-order chi connectivity index (χ0) is 16.9. The van der Waals surface area contributed by atoms with E-state index in [1.165, 1.54) is 10.4 Å². The molecule has 1 amide bonds. The van der Waals surface area contributed by atoms with Crippen LogP contribution in [0.1, 0.15) is 30.8 Å². The van der Waals surface area contributed by atoms with Gasteiger partial charge in [0.15, 0.2) is 5.76 Å². The minimum atomic E-state index is -3.30. The van der Waals surface area contributed by atoms with Gasteiger partial charge in [0.2, 0.25) is 10.0 Å². The number of nitrogens with one attached hydrogen (secondary N) is 1. The molecular weight excluding hydrogens is 314 g/mol. The van der Waals surface area contributed by atoms with E-state index in [0.717, 1.165) is 12.3 Å². The molecule has 0 spiro atoms. The standard InChI is InChI=1S/C12H19N3O6S/c1-9(2)14(22(3,19)20)8-4-7-13-12(16)10-5-6-11(21-10)15(17)18/h5-6,9H,4,7-8H2,1-3H3,(H,13,16). The van der Waals surface area contributed by atoms with Crippen LogP contribution in [0.15, 0.2) is 16.5 Å². The van der Waals surface area contributed by atoms with E-state index in [1.807, 2.05) is 0 Å². The summed E-state index contributed by atoms with van der Waals surface area (Å²) in [7, 11) is -3.30. The van der Waals surface area contributed by atoms with Gasteiger partial charge >= 0.3 is 5.88 Å². The van der Waals surface area contributed by atoms with Gasteiger partial charge in [-0.2, -0.15) is 4.31 Å². The number of amides is 1. The molecule has 1 N–H and O–H groups in total. The van der Waals surface area contributed by atoms with Crippen LogP contribution in [0.3, 0.4) is 0 Å². The van der Waals surface area contributed by atoms with E-state index >= 15 is 0 Å². The molecule has 0 bridgehead atoms. The van der Waals surface area contributed by atoms with Gasteiger partial charge in [-0.25, -0.2) is 8.42 Å². The lowest BCUT2D eigenvalue weighted by Crippen LogP contribution is -2.38. The molecule has 22 heavy (non-hydrogen) atoms. The number of sulfonamides is 1. The SMILES string of the molecule is CC(C)N(CCCNC(=O)c1ccc([N+](=O)[O-])o1)S(C)(=O)=O. The molecule has 0 atom stereocenters. The van der Waals surface area contributed by atoms with Crippen LogP contribution in [-0.2, 0) is 10.0 Å². The minimum Gasteiger partial charge on any atom is -0.395 e. The van der Waals surface area contributed by atoms with Crippen molar-refractivity contribution < 1.29 is 22.6 Å². The Morgan fingerprint density at radius 1 is 1.45 bits per heavy atom. The maximum atomic E-state index is 11.7. The van der Waals surface area contributed by atoms with Crippen LogP contribution in [-0.4, -0.2) is 48.9 Å². The van der Waals surface area contributed by atoms with Gasteiger partial charge in [-0.05, 0) is 26.3 Å². The fourth-order valence-corrected chi connectivity index (χ4v) is 3.11. The van der Waals surface area contributed by atoms with Crippen LogP contribution < -0.4 is 5.32 Å². The molecule has 1 heterocycles. The maximum Gasteiger partial charge on any atom is 0.433 e. The first-order valence-corrected chi connectivity index (χ1v) is 8.47. The summed E-state index contributed by atoms with van der Waals surface area (Å²) in [5.41, 5.74) is 0. The van der Waals surface area contributed by atoms with Crippen LogP contribution in [0.5, 0.6) is 0 Å². The average molecular weight is 333 g/mol. The topological polar surface area (TPSA) is 123 Å². The number of hydrogen-bond acceptors (Lipinski definition) is 6. The van der Waals surface area contributed by atoms with Crippen molar-refractivity contribution in [2.24, 2.45) is 0 Å². The Morgan fingerprint density at radius 3 is 2.55 bits per heavy atom. The summed E-state index contributed by atoms with van der Waals surface area (Å²) in [5, 5.41) is 13.0. The Balaban J connectivity index is 2.46. The van der Waals surface area contributed by atoms with Crippen LogP contribution in [0, 0.1) is 10.1 Å². The molecule has 1 rings (SSSR count). The molecule has 0 aliphatic carbocycles. The molecule has 0 unspecified atom stereocenters. The molecular formula is C12H19N3O6S. The third-order valence-electron chi connectivity index (χ3n) is 2.84. The Morgan fingerprint density at radius 2 is 2.09 bits per heavy atom. The summed E-state index contributed by atoms with van der Waals surface area (Å²) in [6.45, 7) is 4.03. The maximum absolute atomic E-state index is 11.7. The van der Waals surface area contributed by atoms with Gasteiger partial charge in [0, 0.05) is 19.1 Å². The predicted molar refractivity (Wildman–Crippen MR) is 79.0 cm³/mol. The van der Waals surface area contributed by atoms with Gasteiger partial charge < -0.3 is 9.73 Å². The summed E-state index contributed by atoms with van der Waals surface area (Å²) in [4.78, 5) is 21.4. The van der Waals surface area contributed by atoms with Crippen molar-refractivity contribution in [2.75, 3.05) is 19.3 Å². The lowest BCUT2D eigenvalue weighted by atomic mass is 10.3. The summed E-state index contributed by atoms with van der Waals surface area (Å²) in [5.74, 6) is -1.24. The largest absolute Gasteiger partial charge is 0.433 e. The number of carbonyl (C=O) groups excluding carboxylic acids is 1. The third-order valence-corrected chi connectivity index (χ3v) is 4.29. The lowest BCUT2D eigenvalue weighted by Gasteiger charge is -2.23. The highest BCUT2D eigenvalue weighted by atomic mass is 32.2. The van der Waals surface area contributed by atoms with Gasteiger partial charge in [0.1, 0.15) is 4.92 Å². The minimum absolute atomic E-state index is 0.157. The van der Waals surface area contributed by atoms with E-state index in [2.05, 4.69) is 5.32 Å². The highest BCUT2D eigenvalue weighted by Crippen LogP contribution is 2.15. The Hall–Kier alpha value is -1.94. The van der Waals surface area contributed by atoms with Gasteiger partial charge in [-0.15, -0.1) is 0 Å². The molecule has 0 aliphatic heterocycles. The van der Waals surface area contributed by atoms with Crippen molar-refractivity contribution in [3.8, 4) is 0 Å². The zero-order valence-electron chi connectivity index (χ0n) is 12.6. The second-order valence-corrected chi connectivity index (χ2v) is 6.91. The first kappa shape index (κ1) is 18.1. The predicted octanol–water partition coefficient (Wildman–Crippen LogP) is 0.978. The molecule has 0 saturated carbocycles. The fraction of sp³-hybridized carbons (Fsp3) is 0.583. The quantitative estimate of drug-likeness (QED) is 0.430. The van der Waals surface area contributed by atoms with Gasteiger partial charge in [-0.1, -0.05) is 0 Å². The third kappa shape index (κ3) is 5.11. The average Bonchev–Trinajstić information content (AvgIpc) is 2.85. The number of nitrogens with zero attached hydrogens (tertiary/aromatic N) is 2. The molecule has 10 heteroatoms. The number of hydrogen-bond donors (Lipinski definition) is 1. The van der Waals surface area contributed by atoms with Crippen molar-refractivity contribution in [2.45, 2.75) is 26.3 Å². The molecule has 1 aromatic heterocycles. The summed E-state index contributed by atoms with van der Waals surface area (Å²) in [6, 6.07) is 2.14. The highest BCUT2D eigenvalue weighted by molar-refractivity contribution is 7.88. The van der Waals surface area contributed by atoms with Crippen LogP contribution in [0.2, 0.25) is 0 Å². The normalized spacial score (nSPS) is 11.9. The number of nitro groups is 1. The molecule has 0 saturated heterocycles. The van der Waals surface area contributed by atoms with Crippen molar-refractivity contribution in [1.82, 2.24) is 9.62 Å². The van der Waals surface area contributed by atoms with E-state index in [0.29, 0.717) is 6.42 Å². The molecule has 124 valence electrons. The Labute approximate surface area is 128 Å². The van der Waals surface area contributed by atoms with Gasteiger partial charge in [-0.3, -0.25) is 14.9 Å². The van der Waals surface area contributed by atoms with Crippen LogP contribution in [0.25, 0.3) is 0 Å². The molecule has 0 aromatic carbocycles. The van der Waals surface area contributed by atoms with E-state index in [9.17, 15) is 23.3 Å². The number of furan rings is 1. The molecule has 0 fully saturated rings. The van der Waals surface area contributed by atoms with Crippen molar-refractivity contribution >= 4 is 21.8 Å². The molecule has 9 nitrogen and oxygen atoms in total. The van der Waals surface area contributed by atoms with E-state index in [4.69, 9.17) is 4.42 Å². The summed E-state index contributed by atoms with van der Waals surface area (Å²) in [6.07, 6.45) is 1.55. The van der Waals surface area contributed by atoms with Crippen molar-refractivity contribution in [1.29, 1.82) is 0 Å². The molecule has 0 radical (unpaired) electrons. The summed E-state index contributed by atoms with van der Waals surface area (Å²) >= 11 is 0. The van der Waals surface area contributed by atoms with Crippen molar-refractivity contribution in [3.63, 3.8) is 0 Å². The number of rotatable bonds is 8. The second kappa shape index (κ2) is 7.36. The van der Waals surface area contributed by atoms with Crippen LogP contribution >= 0.6 is 0 Å². The van der Waals surface area contributed by atoms with Crippen molar-refractivity contribution in [3.05, 3.63) is 28.0 Å². The molecule has 0 aliphatic rings. The van der Waals surface area contributed by atoms with Gasteiger partial charge in [0.25, 0.3) is 5.91 Å². The van der Waals surface area contributed by atoms with E-state index in [1.54, 1.807) is 13.8 Å². The fourth-order valence-electron chi connectivity index (χ4n) is 1.88. The van der Waals surface area contributed by atoms with E-state index in [-0.39, 0.29) is 24.9 Å². The van der Waals surface area contributed by atoms with E-state index < -0.39 is 26.7 Å². The first-order valence-electron chi connectivity index (χ1n) is 6.62. The lowest BCUT2D eigenvalue weighted by molar-refractivity contribution is -0.402.